The number of fused-ring (bicyclic) bond motifs is 1. The highest BCUT2D eigenvalue weighted by Gasteiger charge is 2.66. The molecule has 1 saturated carbocycles. The highest BCUT2D eigenvalue weighted by atomic mass is 14.7. The highest BCUT2D eigenvalue weighted by molar-refractivity contribution is 5.48. The maximum absolute atomic E-state index is 3.84. The quantitative estimate of drug-likeness (QED) is 0.587. The fraction of sp³-hybridized carbons (Fsp3) is 0.688. The Balaban J connectivity index is 2.36. The molecule has 0 aliphatic heterocycles. The van der Waals surface area contributed by atoms with Gasteiger partial charge in [0.05, 0.1) is 0 Å². The summed E-state index contributed by atoms with van der Waals surface area (Å²) in [5, 5.41) is 0. The minimum absolute atomic E-state index is 0.571. The van der Waals surface area contributed by atoms with Crippen molar-refractivity contribution in [3.63, 3.8) is 0 Å². The molecule has 0 N–H and O–H groups in total. The molecule has 0 heteroatoms. The molecule has 1 fully saturated rings. The third-order valence-electron chi connectivity index (χ3n) is 5.23. The van der Waals surface area contributed by atoms with Crippen LogP contribution in [0.1, 0.15) is 53.4 Å². The van der Waals surface area contributed by atoms with Gasteiger partial charge in [0.15, 0.2) is 0 Å². The van der Waals surface area contributed by atoms with Crippen LogP contribution in [0, 0.1) is 17.3 Å². The third kappa shape index (κ3) is 1.23. The van der Waals surface area contributed by atoms with Crippen LogP contribution in [0.4, 0.5) is 0 Å². The first kappa shape index (κ1) is 11.7. The lowest BCUT2D eigenvalue weighted by atomic mass is 9.87. The van der Waals surface area contributed by atoms with Crippen LogP contribution in [0.15, 0.2) is 29.0 Å². The van der Waals surface area contributed by atoms with Crippen molar-refractivity contribution >= 4 is 0 Å². The average molecular weight is 216 g/mol. The lowest BCUT2D eigenvalue weighted by molar-refractivity contribution is 0.502. The molecule has 0 radical (unpaired) electrons. The smallest absolute Gasteiger partial charge is 0.00218 e. The molecule has 2 aliphatic rings. The van der Waals surface area contributed by atoms with Crippen LogP contribution >= 0.6 is 0 Å². The van der Waals surface area contributed by atoms with Crippen molar-refractivity contribution in [3.05, 3.63) is 29.0 Å². The normalized spacial score (nSPS) is 36.0. The summed E-state index contributed by atoms with van der Waals surface area (Å²) >= 11 is 0. The van der Waals surface area contributed by atoms with Gasteiger partial charge in [-0.1, -0.05) is 39.3 Å². The van der Waals surface area contributed by atoms with Gasteiger partial charge in [-0.05, 0) is 54.6 Å². The topological polar surface area (TPSA) is 0 Å². The standard InChI is InChI=1S/C16H24/c1-6-12(7-2)13-10-15-14(8-3)16(15,9-4)11(13)5/h14-15H,1,7-10H2,2-5H3. The highest BCUT2D eigenvalue weighted by Crippen LogP contribution is 2.73. The maximum atomic E-state index is 3.84. The van der Waals surface area contributed by atoms with Crippen LogP contribution in [0.3, 0.4) is 0 Å². The van der Waals surface area contributed by atoms with E-state index < -0.39 is 0 Å². The summed E-state index contributed by atoms with van der Waals surface area (Å²) in [5.41, 5.74) is 8.35. The number of allylic oxidation sites excluding steroid dienone is 3. The second kappa shape index (κ2) is 3.93. The Bertz CT molecular complexity index is 379. The van der Waals surface area contributed by atoms with Crippen LogP contribution in [0.25, 0.3) is 0 Å². The first-order valence-electron chi connectivity index (χ1n) is 6.76. The Kier molecular flexibility index (Phi) is 2.88. The van der Waals surface area contributed by atoms with E-state index in [9.17, 15) is 0 Å². The molecule has 0 nitrogen and oxygen atoms in total. The van der Waals surface area contributed by atoms with Crippen LogP contribution < -0.4 is 0 Å². The second-order valence-electron chi connectivity index (χ2n) is 5.33. The van der Waals surface area contributed by atoms with E-state index in [0.717, 1.165) is 18.3 Å². The van der Waals surface area contributed by atoms with Crippen molar-refractivity contribution in [1.82, 2.24) is 0 Å². The van der Waals surface area contributed by atoms with E-state index in [4.69, 9.17) is 0 Å². The zero-order valence-electron chi connectivity index (χ0n) is 11.2. The molecule has 0 bridgehead atoms. The molecule has 2 rings (SSSR count). The third-order valence-corrected chi connectivity index (χ3v) is 5.23. The van der Waals surface area contributed by atoms with E-state index in [1.165, 1.54) is 24.8 Å². The second-order valence-corrected chi connectivity index (χ2v) is 5.33. The van der Waals surface area contributed by atoms with E-state index in [1.54, 1.807) is 11.1 Å². The summed E-state index contributed by atoms with van der Waals surface area (Å²) in [5.74, 6) is 1.90. The van der Waals surface area contributed by atoms with Crippen LogP contribution in [0.2, 0.25) is 0 Å². The number of rotatable bonds is 4. The van der Waals surface area contributed by atoms with E-state index >= 15 is 0 Å². The van der Waals surface area contributed by atoms with Gasteiger partial charge in [0, 0.05) is 0 Å². The Labute approximate surface area is 100 Å². The first-order valence-corrected chi connectivity index (χ1v) is 6.76. The lowest BCUT2D eigenvalue weighted by Crippen LogP contribution is -2.05. The van der Waals surface area contributed by atoms with Crippen LogP contribution in [-0.4, -0.2) is 0 Å². The molecule has 0 spiro atoms. The average Bonchev–Trinajstić information content (AvgIpc) is 2.86. The molecule has 0 amide bonds. The molecule has 3 atom stereocenters. The first-order chi connectivity index (χ1) is 7.67. The van der Waals surface area contributed by atoms with Crippen molar-refractivity contribution in [2.24, 2.45) is 17.3 Å². The van der Waals surface area contributed by atoms with E-state index in [2.05, 4.69) is 40.0 Å². The van der Waals surface area contributed by atoms with E-state index in [0.29, 0.717) is 5.41 Å². The van der Waals surface area contributed by atoms with Gasteiger partial charge in [0.2, 0.25) is 0 Å². The van der Waals surface area contributed by atoms with E-state index in [1.807, 2.05) is 0 Å². The Morgan fingerprint density at radius 2 is 2.12 bits per heavy atom. The van der Waals surface area contributed by atoms with Gasteiger partial charge in [-0.15, -0.1) is 5.73 Å². The summed E-state index contributed by atoms with van der Waals surface area (Å²) in [4.78, 5) is 0. The largest absolute Gasteiger partial charge is 0.125 e. The van der Waals surface area contributed by atoms with Crippen LogP contribution in [0.5, 0.6) is 0 Å². The predicted octanol–water partition coefficient (Wildman–Crippen LogP) is 4.88. The lowest BCUT2D eigenvalue weighted by Gasteiger charge is -2.17. The summed E-state index contributed by atoms with van der Waals surface area (Å²) in [6.07, 6.45) is 5.05. The van der Waals surface area contributed by atoms with Gasteiger partial charge in [0.25, 0.3) is 0 Å². The summed E-state index contributed by atoms with van der Waals surface area (Å²) < 4.78 is 0. The van der Waals surface area contributed by atoms with Gasteiger partial charge in [-0.25, -0.2) is 0 Å². The Morgan fingerprint density at radius 1 is 1.44 bits per heavy atom. The zero-order chi connectivity index (χ0) is 11.9. The molecular formula is C16H24. The summed E-state index contributed by atoms with van der Waals surface area (Å²) in [6.45, 7) is 13.1. The van der Waals surface area contributed by atoms with Crippen molar-refractivity contribution in [3.8, 4) is 0 Å². The fourth-order valence-electron chi connectivity index (χ4n) is 4.37. The minimum atomic E-state index is 0.571. The fourth-order valence-corrected chi connectivity index (χ4v) is 4.37. The predicted molar refractivity (Wildman–Crippen MR) is 70.3 cm³/mol. The van der Waals surface area contributed by atoms with Gasteiger partial charge >= 0.3 is 0 Å². The molecule has 0 heterocycles. The number of hydrogen-bond donors (Lipinski definition) is 0. The maximum Gasteiger partial charge on any atom is -0.00218 e. The molecule has 0 aromatic heterocycles. The minimum Gasteiger partial charge on any atom is -0.125 e. The van der Waals surface area contributed by atoms with Gasteiger partial charge in [0.1, 0.15) is 0 Å². The molecule has 88 valence electrons. The molecule has 2 aliphatic carbocycles. The molecule has 0 aromatic carbocycles. The molecular weight excluding hydrogens is 192 g/mol. The monoisotopic (exact) mass is 216 g/mol. The molecule has 0 aromatic rings. The Morgan fingerprint density at radius 3 is 2.50 bits per heavy atom. The van der Waals surface area contributed by atoms with Gasteiger partial charge < -0.3 is 0 Å². The van der Waals surface area contributed by atoms with Crippen molar-refractivity contribution in [2.45, 2.75) is 53.4 Å². The molecule has 3 unspecified atom stereocenters. The van der Waals surface area contributed by atoms with Gasteiger partial charge in [-0.2, -0.15) is 0 Å². The van der Waals surface area contributed by atoms with Gasteiger partial charge in [-0.3, -0.25) is 0 Å². The summed E-state index contributed by atoms with van der Waals surface area (Å²) in [7, 11) is 0. The van der Waals surface area contributed by atoms with Crippen molar-refractivity contribution < 1.29 is 0 Å². The number of hydrogen-bond acceptors (Lipinski definition) is 0. The molecule has 0 saturated heterocycles. The summed E-state index contributed by atoms with van der Waals surface area (Å²) in [6, 6.07) is 0. The van der Waals surface area contributed by atoms with E-state index in [-0.39, 0.29) is 0 Å². The zero-order valence-corrected chi connectivity index (χ0v) is 11.2. The SMILES string of the molecule is C=C=C(CC)C1=C(C)C2(CC)C(CC)C2C1. The van der Waals surface area contributed by atoms with Crippen LogP contribution in [-0.2, 0) is 0 Å². The van der Waals surface area contributed by atoms with Crippen molar-refractivity contribution in [2.75, 3.05) is 0 Å². The molecule has 16 heavy (non-hydrogen) atoms. The Hall–Kier alpha value is -0.740. The van der Waals surface area contributed by atoms with Crippen molar-refractivity contribution in [1.29, 1.82) is 0 Å².